The number of benzene rings is 1. The van der Waals surface area contributed by atoms with Gasteiger partial charge in [-0.05, 0) is 38.3 Å². The molecular weight excluding hydrogens is 308 g/mol. The lowest BCUT2D eigenvalue weighted by Crippen LogP contribution is -2.49. The summed E-state index contributed by atoms with van der Waals surface area (Å²) in [6.45, 7) is 8.59. The number of ether oxygens (including phenoxy) is 1. The van der Waals surface area contributed by atoms with E-state index in [0.717, 1.165) is 5.56 Å². The van der Waals surface area contributed by atoms with E-state index in [-0.39, 0.29) is 17.7 Å². The molecule has 134 valence electrons. The monoisotopic (exact) mass is 336 g/mol. The Hall–Kier alpha value is -2.44. The summed E-state index contributed by atoms with van der Waals surface area (Å²) >= 11 is 0. The molecule has 24 heavy (non-hydrogen) atoms. The van der Waals surface area contributed by atoms with Crippen molar-refractivity contribution >= 4 is 17.7 Å². The lowest BCUT2D eigenvalue weighted by molar-refractivity contribution is 0.213. The van der Waals surface area contributed by atoms with Gasteiger partial charge in [-0.3, -0.25) is 5.41 Å². The maximum absolute atomic E-state index is 12.9. The number of guanidine groups is 1. The highest BCUT2D eigenvalue weighted by molar-refractivity contribution is 6.15. The number of hydrogen-bond acceptors (Lipinski definition) is 4. The molecule has 0 unspecified atom stereocenters. The highest BCUT2D eigenvalue weighted by Crippen LogP contribution is 2.41. The van der Waals surface area contributed by atoms with Gasteiger partial charge < -0.3 is 20.5 Å². The molecule has 7 heteroatoms. The fourth-order valence-corrected chi connectivity index (χ4v) is 2.81. The summed E-state index contributed by atoms with van der Waals surface area (Å²) in [5, 5.41) is 18.1. The van der Waals surface area contributed by atoms with Crippen molar-refractivity contribution in [1.82, 2.24) is 4.90 Å². The number of phenols is 1. The zero-order valence-corrected chi connectivity index (χ0v) is 15.1. The van der Waals surface area contributed by atoms with Crippen LogP contribution in [0.2, 0.25) is 0 Å². The van der Waals surface area contributed by atoms with Gasteiger partial charge in [0.1, 0.15) is 0 Å². The van der Waals surface area contributed by atoms with Gasteiger partial charge in [-0.2, -0.15) is 0 Å². The van der Waals surface area contributed by atoms with E-state index in [0.29, 0.717) is 42.9 Å². The van der Waals surface area contributed by atoms with E-state index in [1.807, 2.05) is 27.7 Å². The first kappa shape index (κ1) is 19.6. The minimum Gasteiger partial charge on any atom is -0.504 e. The molecule has 0 radical (unpaired) electrons. The number of anilines is 1. The molecule has 0 atom stereocenters. The molecule has 0 saturated heterocycles. The van der Waals surface area contributed by atoms with E-state index in [4.69, 9.17) is 15.9 Å². The summed E-state index contributed by atoms with van der Waals surface area (Å²) in [5.41, 5.74) is 7.67. The van der Waals surface area contributed by atoms with Crippen molar-refractivity contribution in [2.45, 2.75) is 40.5 Å². The topological polar surface area (TPSA) is 103 Å². The number of nitrogens with zero attached hydrogens (tertiary/aromatic N) is 2. The molecule has 0 heterocycles. The van der Waals surface area contributed by atoms with Crippen LogP contribution < -0.4 is 15.4 Å². The minimum atomic E-state index is -0.357. The van der Waals surface area contributed by atoms with Gasteiger partial charge >= 0.3 is 6.03 Å². The number of hydrogen-bond donors (Lipinski definition) is 3. The smallest absolute Gasteiger partial charge is 0.331 e. The molecule has 2 amide bonds. The number of carbonyl (C=O) groups excluding carboxylic acids is 1. The second-order valence-corrected chi connectivity index (χ2v) is 5.30. The Balaban J connectivity index is 3.69. The van der Waals surface area contributed by atoms with E-state index in [9.17, 15) is 9.90 Å². The largest absolute Gasteiger partial charge is 0.504 e. The first-order valence-electron chi connectivity index (χ1n) is 8.22. The van der Waals surface area contributed by atoms with Gasteiger partial charge in [0.25, 0.3) is 0 Å². The van der Waals surface area contributed by atoms with Gasteiger partial charge in [0.2, 0.25) is 5.96 Å². The van der Waals surface area contributed by atoms with E-state index in [1.165, 1.54) is 12.0 Å². The van der Waals surface area contributed by atoms with Crippen molar-refractivity contribution in [3.8, 4) is 11.5 Å². The van der Waals surface area contributed by atoms with Crippen LogP contribution in [0.4, 0.5) is 10.5 Å². The fourth-order valence-electron chi connectivity index (χ4n) is 2.81. The zero-order valence-electron chi connectivity index (χ0n) is 15.1. The van der Waals surface area contributed by atoms with Crippen LogP contribution in [0.3, 0.4) is 0 Å². The summed E-state index contributed by atoms with van der Waals surface area (Å²) in [7, 11) is 1.47. The van der Waals surface area contributed by atoms with Crippen LogP contribution in [-0.4, -0.2) is 42.2 Å². The molecule has 0 aliphatic carbocycles. The summed E-state index contributed by atoms with van der Waals surface area (Å²) in [6, 6.07) is 1.21. The molecule has 1 aromatic carbocycles. The number of carbonyl (C=O) groups is 1. The Morgan fingerprint density at radius 1 is 1.25 bits per heavy atom. The van der Waals surface area contributed by atoms with Crippen molar-refractivity contribution in [2.24, 2.45) is 5.73 Å². The zero-order chi connectivity index (χ0) is 18.4. The number of nitrogens with one attached hydrogen (secondary N) is 1. The maximum atomic E-state index is 12.9. The normalized spacial score (nSPS) is 10.4. The van der Waals surface area contributed by atoms with Crippen molar-refractivity contribution in [3.05, 3.63) is 17.2 Å². The van der Waals surface area contributed by atoms with Crippen LogP contribution >= 0.6 is 0 Å². The average Bonchev–Trinajstić information content (AvgIpc) is 2.56. The summed E-state index contributed by atoms with van der Waals surface area (Å²) in [6.07, 6.45) is 1.10. The molecule has 1 rings (SSSR count). The van der Waals surface area contributed by atoms with Crippen LogP contribution in [0.5, 0.6) is 11.5 Å². The molecule has 4 N–H and O–H groups in total. The molecule has 0 spiro atoms. The quantitative estimate of drug-likeness (QED) is 0.549. The first-order valence-corrected chi connectivity index (χ1v) is 8.22. The number of amides is 2. The van der Waals surface area contributed by atoms with Gasteiger partial charge in [0.05, 0.1) is 12.8 Å². The van der Waals surface area contributed by atoms with Crippen LogP contribution in [0.15, 0.2) is 6.07 Å². The number of rotatable bonds is 6. The van der Waals surface area contributed by atoms with Crippen molar-refractivity contribution < 1.29 is 14.6 Å². The Bertz CT molecular complexity index is 612. The Labute approximate surface area is 143 Å². The fraction of sp³-hybridized carbons (Fsp3) is 0.529. The molecule has 0 aliphatic heterocycles. The number of aryl methyl sites for hydroxylation is 1. The van der Waals surface area contributed by atoms with Gasteiger partial charge in [-0.1, -0.05) is 13.8 Å². The second-order valence-electron chi connectivity index (χ2n) is 5.30. The van der Waals surface area contributed by atoms with Gasteiger partial charge in [-0.15, -0.1) is 0 Å². The van der Waals surface area contributed by atoms with Gasteiger partial charge in [0.15, 0.2) is 11.5 Å². The van der Waals surface area contributed by atoms with Crippen molar-refractivity contribution in [2.75, 3.05) is 25.1 Å². The maximum Gasteiger partial charge on any atom is 0.331 e. The predicted molar refractivity (Wildman–Crippen MR) is 96.1 cm³/mol. The number of aromatic hydroxyl groups is 1. The molecular formula is C17H28N4O3. The SMILES string of the molecule is CCc1cc(O)c(OC)c(CC)c1N(C(=N)N)C(=O)N(CC)CC. The van der Waals surface area contributed by atoms with E-state index in [1.54, 1.807) is 11.0 Å². The highest BCUT2D eigenvalue weighted by Gasteiger charge is 2.29. The Kier molecular flexibility index (Phi) is 6.88. The highest BCUT2D eigenvalue weighted by atomic mass is 16.5. The number of methoxy groups -OCH3 is 1. The van der Waals surface area contributed by atoms with Crippen LogP contribution in [0.1, 0.15) is 38.8 Å². The average molecular weight is 336 g/mol. The van der Waals surface area contributed by atoms with E-state index in [2.05, 4.69) is 0 Å². The molecule has 1 aromatic rings. The third-order valence-electron chi connectivity index (χ3n) is 4.04. The minimum absolute atomic E-state index is 0.0220. The Morgan fingerprint density at radius 2 is 1.83 bits per heavy atom. The third-order valence-corrected chi connectivity index (χ3v) is 4.04. The molecule has 0 saturated carbocycles. The van der Waals surface area contributed by atoms with Crippen molar-refractivity contribution in [3.63, 3.8) is 0 Å². The van der Waals surface area contributed by atoms with E-state index < -0.39 is 0 Å². The van der Waals surface area contributed by atoms with Crippen LogP contribution in [0, 0.1) is 5.41 Å². The molecule has 0 bridgehead atoms. The number of urea groups is 1. The van der Waals surface area contributed by atoms with Gasteiger partial charge in [-0.25, -0.2) is 9.69 Å². The number of nitrogens with two attached hydrogens (primary N) is 1. The lowest BCUT2D eigenvalue weighted by Gasteiger charge is -2.31. The van der Waals surface area contributed by atoms with Gasteiger partial charge in [0, 0.05) is 18.7 Å². The van der Waals surface area contributed by atoms with E-state index >= 15 is 0 Å². The molecule has 0 fully saturated rings. The summed E-state index contributed by atoms with van der Waals surface area (Å²) in [5.74, 6) is -0.0268. The summed E-state index contributed by atoms with van der Waals surface area (Å²) in [4.78, 5) is 15.7. The molecule has 0 aliphatic rings. The standard InChI is InChI=1S/C17H28N4O3/c1-6-11-10-13(22)15(24-5)12(7-2)14(11)21(16(18)19)17(23)20(8-3)9-4/h10,22H,6-9H2,1-5H3,(H3,18,19). The molecule has 0 aromatic heterocycles. The van der Waals surface area contributed by atoms with Crippen molar-refractivity contribution in [1.29, 1.82) is 5.41 Å². The van der Waals surface area contributed by atoms with Crippen LogP contribution in [-0.2, 0) is 12.8 Å². The lowest BCUT2D eigenvalue weighted by atomic mass is 9.99. The summed E-state index contributed by atoms with van der Waals surface area (Å²) < 4.78 is 5.32. The first-order chi connectivity index (χ1) is 11.4. The van der Waals surface area contributed by atoms with Crippen LogP contribution in [0.25, 0.3) is 0 Å². The predicted octanol–water partition coefficient (Wildman–Crippen LogP) is 2.69. The Morgan fingerprint density at radius 3 is 2.21 bits per heavy atom. The third kappa shape index (κ3) is 3.55. The second kappa shape index (κ2) is 8.42. The molecule has 7 nitrogen and oxygen atoms in total. The number of phenolic OH excluding ortho intramolecular Hbond substituents is 1.